The Hall–Kier alpha value is -2.34. The molecule has 1 aliphatic heterocycles. The third-order valence-electron chi connectivity index (χ3n) is 4.63. The summed E-state index contributed by atoms with van der Waals surface area (Å²) in [4.78, 5) is 14.6. The van der Waals surface area contributed by atoms with Crippen molar-refractivity contribution in [2.24, 2.45) is 0 Å². The lowest BCUT2D eigenvalue weighted by Crippen LogP contribution is -2.36. The van der Waals surface area contributed by atoms with Crippen LogP contribution in [0.25, 0.3) is 11.3 Å². The largest absolute Gasteiger partial charge is 0.488 e. The first-order valence-electron chi connectivity index (χ1n) is 8.90. The predicted molar refractivity (Wildman–Crippen MR) is 97.5 cm³/mol. The van der Waals surface area contributed by atoms with Gasteiger partial charge in [-0.1, -0.05) is 25.5 Å². The van der Waals surface area contributed by atoms with Crippen molar-refractivity contribution in [2.75, 3.05) is 26.2 Å². The van der Waals surface area contributed by atoms with Gasteiger partial charge in [-0.25, -0.2) is 0 Å². The molecule has 3 rings (SSSR count). The zero-order valence-electron chi connectivity index (χ0n) is 15.2. The van der Waals surface area contributed by atoms with Gasteiger partial charge in [0.2, 0.25) is 5.91 Å². The minimum Gasteiger partial charge on any atom is -0.488 e. The maximum absolute atomic E-state index is 12.3. The number of nitrogens with zero attached hydrogens (tertiary/aromatic N) is 3. The highest BCUT2D eigenvalue weighted by Crippen LogP contribution is 2.37. The molecule has 6 nitrogen and oxygen atoms in total. The number of carbonyl (C=O) groups is 1. The topological polar surface area (TPSA) is 59.4 Å². The molecule has 1 aliphatic rings. The third-order valence-corrected chi connectivity index (χ3v) is 4.63. The second kappa shape index (κ2) is 7.70. The highest BCUT2D eigenvalue weighted by molar-refractivity contribution is 5.78. The molecule has 0 saturated heterocycles. The summed E-state index contributed by atoms with van der Waals surface area (Å²) in [6.45, 7) is 10.5. The number of aryl methyl sites for hydroxylation is 1. The first-order valence-corrected chi connectivity index (χ1v) is 8.90. The van der Waals surface area contributed by atoms with Crippen LogP contribution in [0.15, 0.2) is 24.4 Å². The van der Waals surface area contributed by atoms with Crippen molar-refractivity contribution >= 4 is 5.91 Å². The van der Waals surface area contributed by atoms with Crippen molar-refractivity contribution in [1.82, 2.24) is 20.0 Å². The lowest BCUT2D eigenvalue weighted by molar-refractivity contribution is -0.121. The number of ether oxygens (including phenoxy) is 1. The number of hydrogen-bond acceptors (Lipinski definition) is 4. The van der Waals surface area contributed by atoms with Gasteiger partial charge in [0.05, 0.1) is 11.9 Å². The Balaban J connectivity index is 1.69. The van der Waals surface area contributed by atoms with Crippen molar-refractivity contribution in [3.63, 3.8) is 0 Å². The molecule has 2 heterocycles. The van der Waals surface area contributed by atoms with Gasteiger partial charge >= 0.3 is 0 Å². The molecule has 1 N–H and O–H groups in total. The SMILES string of the molecule is CCN(CC)CCNC(=O)Cn1ncc2c1-c1cc(C)ccc1OC2. The number of rotatable bonds is 7. The monoisotopic (exact) mass is 342 g/mol. The highest BCUT2D eigenvalue weighted by Gasteiger charge is 2.23. The van der Waals surface area contributed by atoms with Crippen LogP contribution in [0.5, 0.6) is 5.75 Å². The Morgan fingerprint density at radius 1 is 1.36 bits per heavy atom. The molecule has 134 valence electrons. The Bertz CT molecular complexity index is 750. The number of nitrogens with one attached hydrogen (secondary N) is 1. The number of amides is 1. The van der Waals surface area contributed by atoms with Gasteiger partial charge in [0.1, 0.15) is 18.9 Å². The van der Waals surface area contributed by atoms with Gasteiger partial charge in [0.25, 0.3) is 0 Å². The minimum atomic E-state index is -0.0150. The van der Waals surface area contributed by atoms with E-state index in [4.69, 9.17) is 4.74 Å². The van der Waals surface area contributed by atoms with E-state index < -0.39 is 0 Å². The van der Waals surface area contributed by atoms with Gasteiger partial charge in [-0.05, 0) is 32.1 Å². The molecule has 25 heavy (non-hydrogen) atoms. The fourth-order valence-electron chi connectivity index (χ4n) is 3.16. The number of hydrogen-bond donors (Lipinski definition) is 1. The Labute approximate surface area is 148 Å². The van der Waals surface area contributed by atoms with E-state index >= 15 is 0 Å². The molecule has 0 atom stereocenters. The summed E-state index contributed by atoms with van der Waals surface area (Å²) in [5, 5.41) is 7.40. The molecule has 1 aromatic heterocycles. The summed E-state index contributed by atoms with van der Waals surface area (Å²) in [6.07, 6.45) is 1.80. The van der Waals surface area contributed by atoms with Gasteiger partial charge in [-0.3, -0.25) is 9.48 Å². The van der Waals surface area contributed by atoms with Crippen molar-refractivity contribution in [1.29, 1.82) is 0 Å². The minimum absolute atomic E-state index is 0.0150. The summed E-state index contributed by atoms with van der Waals surface area (Å²) in [5.41, 5.74) is 4.18. The van der Waals surface area contributed by atoms with Crippen molar-refractivity contribution in [3.05, 3.63) is 35.5 Å². The first-order chi connectivity index (χ1) is 12.1. The molecule has 0 fully saturated rings. The number of benzene rings is 1. The quantitative estimate of drug-likeness (QED) is 0.838. The summed E-state index contributed by atoms with van der Waals surface area (Å²) in [6, 6.07) is 6.10. The Morgan fingerprint density at radius 2 is 2.16 bits per heavy atom. The second-order valence-corrected chi connectivity index (χ2v) is 6.34. The zero-order chi connectivity index (χ0) is 17.8. The van der Waals surface area contributed by atoms with Crippen molar-refractivity contribution in [2.45, 2.75) is 33.9 Å². The summed E-state index contributed by atoms with van der Waals surface area (Å²) >= 11 is 0. The van der Waals surface area contributed by atoms with E-state index in [2.05, 4.69) is 42.2 Å². The van der Waals surface area contributed by atoms with Gasteiger partial charge in [-0.2, -0.15) is 5.10 Å². The van der Waals surface area contributed by atoms with Gasteiger partial charge in [0.15, 0.2) is 0 Å². The molecular formula is C19H26N4O2. The fourth-order valence-corrected chi connectivity index (χ4v) is 3.16. The molecule has 0 spiro atoms. The number of fused-ring (bicyclic) bond motifs is 3. The van der Waals surface area contributed by atoms with E-state index in [0.717, 1.165) is 47.8 Å². The number of carbonyl (C=O) groups excluding carboxylic acids is 1. The average molecular weight is 342 g/mol. The molecule has 2 aromatic rings. The Kier molecular flexibility index (Phi) is 5.38. The standard InChI is InChI=1S/C19H26N4O2/c1-4-22(5-2)9-8-20-18(24)12-23-19-15(11-21-23)13-25-17-7-6-14(3)10-16(17)19/h6-7,10-11H,4-5,8-9,12-13H2,1-3H3,(H,20,24). The van der Waals surface area contributed by atoms with Crippen LogP contribution in [-0.2, 0) is 17.9 Å². The molecular weight excluding hydrogens is 316 g/mol. The fraction of sp³-hybridized carbons (Fsp3) is 0.474. The van der Waals surface area contributed by atoms with Crippen LogP contribution in [-0.4, -0.2) is 46.8 Å². The third kappa shape index (κ3) is 3.85. The van der Waals surface area contributed by atoms with E-state index in [0.29, 0.717) is 13.2 Å². The molecule has 6 heteroatoms. The van der Waals surface area contributed by atoms with Gasteiger partial charge in [0, 0.05) is 24.2 Å². The van der Waals surface area contributed by atoms with E-state index in [-0.39, 0.29) is 12.5 Å². The summed E-state index contributed by atoms with van der Waals surface area (Å²) in [7, 11) is 0. The van der Waals surface area contributed by atoms with Crippen molar-refractivity contribution < 1.29 is 9.53 Å². The molecule has 0 radical (unpaired) electrons. The highest BCUT2D eigenvalue weighted by atomic mass is 16.5. The van der Waals surface area contributed by atoms with Crippen LogP contribution in [0.4, 0.5) is 0 Å². The van der Waals surface area contributed by atoms with Crippen molar-refractivity contribution in [3.8, 4) is 17.0 Å². The van der Waals surface area contributed by atoms with E-state index in [1.807, 2.05) is 12.1 Å². The van der Waals surface area contributed by atoms with Crippen LogP contribution in [0.1, 0.15) is 25.0 Å². The lowest BCUT2D eigenvalue weighted by atomic mass is 10.0. The number of likely N-dealkylation sites (N-methyl/N-ethyl adjacent to an activating group) is 1. The van der Waals surface area contributed by atoms with Crippen LogP contribution >= 0.6 is 0 Å². The number of aromatic nitrogens is 2. The van der Waals surface area contributed by atoms with E-state index in [1.165, 1.54) is 0 Å². The smallest absolute Gasteiger partial charge is 0.241 e. The van der Waals surface area contributed by atoms with Gasteiger partial charge in [-0.15, -0.1) is 0 Å². The average Bonchev–Trinajstić information content (AvgIpc) is 3.02. The van der Waals surface area contributed by atoms with E-state index in [1.54, 1.807) is 10.9 Å². The zero-order valence-corrected chi connectivity index (χ0v) is 15.2. The molecule has 1 aromatic carbocycles. The lowest BCUT2D eigenvalue weighted by Gasteiger charge is -2.20. The molecule has 0 saturated carbocycles. The predicted octanol–water partition coefficient (Wildman–Crippen LogP) is 2.21. The molecule has 1 amide bonds. The van der Waals surface area contributed by atoms with Crippen LogP contribution in [0, 0.1) is 6.92 Å². The Morgan fingerprint density at radius 3 is 2.92 bits per heavy atom. The first kappa shape index (κ1) is 17.5. The molecule has 0 bridgehead atoms. The van der Waals surface area contributed by atoms with Crippen LogP contribution in [0.3, 0.4) is 0 Å². The molecule has 0 aliphatic carbocycles. The van der Waals surface area contributed by atoms with Crippen LogP contribution < -0.4 is 10.1 Å². The van der Waals surface area contributed by atoms with E-state index in [9.17, 15) is 4.79 Å². The normalized spacial score (nSPS) is 12.5. The summed E-state index contributed by atoms with van der Waals surface area (Å²) < 4.78 is 7.56. The maximum Gasteiger partial charge on any atom is 0.241 e. The second-order valence-electron chi connectivity index (χ2n) is 6.34. The van der Waals surface area contributed by atoms with Gasteiger partial charge < -0.3 is 15.0 Å². The molecule has 0 unspecified atom stereocenters. The maximum atomic E-state index is 12.3. The summed E-state index contributed by atoms with van der Waals surface area (Å²) in [5.74, 6) is 0.834. The van der Waals surface area contributed by atoms with Crippen LogP contribution in [0.2, 0.25) is 0 Å².